The Labute approximate surface area is 396 Å². The number of carbonyl (C=O) groups excluding carboxylic acids is 6. The van der Waals surface area contributed by atoms with Crippen molar-refractivity contribution in [1.82, 2.24) is 31.9 Å². The third-order valence-electron chi connectivity index (χ3n) is 8.54. The van der Waals surface area contributed by atoms with Crippen LogP contribution in [0, 0.1) is 0 Å². The third kappa shape index (κ3) is 22.7. The van der Waals surface area contributed by atoms with Crippen LogP contribution in [0.5, 0.6) is 11.5 Å². The molecule has 32 heteroatoms. The molecule has 20 N–H and O–H groups in total. The maximum absolute atomic E-state index is 13.2. The number of aliphatic carboxylic acids is 6. The lowest BCUT2D eigenvalue weighted by Gasteiger charge is -2.22. The minimum Gasteiger partial charge on any atom is -0.507 e. The molecule has 0 saturated carbocycles. The van der Waals surface area contributed by atoms with Crippen LogP contribution >= 0.6 is 35.3 Å². The van der Waals surface area contributed by atoms with Crippen LogP contribution in [0.1, 0.15) is 38.5 Å². The van der Waals surface area contributed by atoms with Gasteiger partial charge in [-0.05, 0) is 25.3 Å². The number of nitrogens with two attached hydrogens (primary N) is 3. The van der Waals surface area contributed by atoms with E-state index in [9.17, 15) is 67.7 Å². The minimum atomic E-state index is -1.67. The van der Waals surface area contributed by atoms with Crippen molar-refractivity contribution in [2.45, 2.75) is 89.5 Å². The Kier molecular flexibility index (Phi) is 26.1. The summed E-state index contributed by atoms with van der Waals surface area (Å²) < 4.78 is 0. The van der Waals surface area contributed by atoms with Crippen molar-refractivity contribution in [3.8, 4) is 11.5 Å². The molecule has 378 valence electrons. The number of benzene rings is 1. The van der Waals surface area contributed by atoms with Crippen LogP contribution < -0.4 is 49.1 Å². The van der Waals surface area contributed by atoms with Crippen molar-refractivity contribution in [3.63, 3.8) is 0 Å². The van der Waals surface area contributed by atoms with Gasteiger partial charge < -0.3 is 90.0 Å². The first kappa shape index (κ1) is 59.4. The molecule has 0 radical (unpaired) electrons. The Bertz CT molecular complexity index is 2060. The molecular weight excluding hydrogens is 975 g/mol. The third-order valence-corrected chi connectivity index (χ3v) is 12.2. The van der Waals surface area contributed by atoms with Gasteiger partial charge in [0, 0.05) is 36.5 Å². The number of aromatic hydroxyl groups is 2. The van der Waals surface area contributed by atoms with Gasteiger partial charge in [-0.3, -0.25) is 57.5 Å². The van der Waals surface area contributed by atoms with Gasteiger partial charge in [0.15, 0.2) is 0 Å². The molecule has 0 spiro atoms. The average molecular weight is 1030 g/mol. The number of thioether (sulfide) groups is 3. The zero-order valence-electron chi connectivity index (χ0n) is 35.5. The Balaban J connectivity index is 3.82. The smallest absolute Gasteiger partial charge is 0.322 e. The second kappa shape index (κ2) is 29.9. The van der Waals surface area contributed by atoms with Crippen LogP contribution in [0.15, 0.2) is 20.8 Å². The van der Waals surface area contributed by atoms with Gasteiger partial charge in [-0.1, -0.05) is 0 Å². The lowest BCUT2D eigenvalue weighted by atomic mass is 10.1. The number of nitrogens with one attached hydrogen (secondary N) is 6. The van der Waals surface area contributed by atoms with E-state index in [0.29, 0.717) is 35.3 Å². The van der Waals surface area contributed by atoms with Gasteiger partial charge in [0.05, 0.1) is 14.7 Å². The van der Waals surface area contributed by atoms with Crippen LogP contribution in [0.3, 0.4) is 0 Å². The molecule has 0 aromatic heterocycles. The van der Waals surface area contributed by atoms with Crippen LogP contribution in [-0.2, 0) is 57.5 Å². The van der Waals surface area contributed by atoms with E-state index in [-0.39, 0.29) is 27.5 Å². The van der Waals surface area contributed by atoms with E-state index in [0.717, 1.165) is 6.07 Å². The summed E-state index contributed by atoms with van der Waals surface area (Å²) in [6.07, 6.45) is -2.73. The number of rotatable bonds is 33. The van der Waals surface area contributed by atoms with Crippen molar-refractivity contribution in [3.05, 3.63) is 6.07 Å². The first-order valence-corrected chi connectivity index (χ1v) is 22.5. The molecule has 1 aromatic rings. The summed E-state index contributed by atoms with van der Waals surface area (Å²) in [5.41, 5.74) is 16.4. The zero-order valence-corrected chi connectivity index (χ0v) is 37.9. The van der Waals surface area contributed by atoms with Gasteiger partial charge in [-0.2, -0.15) is 0 Å². The predicted molar refractivity (Wildman–Crippen MR) is 234 cm³/mol. The fraction of sp³-hybridized carbons (Fsp3) is 0.500. The fourth-order valence-corrected chi connectivity index (χ4v) is 8.41. The summed E-state index contributed by atoms with van der Waals surface area (Å²) in [4.78, 5) is 144. The number of carboxylic acids is 6. The number of amides is 6. The number of phenolic OH excluding ortho intramolecular Hbond substituents is 2. The van der Waals surface area contributed by atoms with E-state index >= 15 is 0 Å². The van der Waals surface area contributed by atoms with E-state index in [4.69, 9.17) is 47.8 Å². The van der Waals surface area contributed by atoms with Crippen LogP contribution in [0.2, 0.25) is 0 Å². The molecular formula is C36H51N9O20S3. The highest BCUT2D eigenvalue weighted by atomic mass is 32.2. The molecule has 1 aromatic carbocycles. The number of hydrogen-bond acceptors (Lipinski definition) is 20. The summed E-state index contributed by atoms with van der Waals surface area (Å²) in [5.74, 6) is -17.9. The molecule has 0 saturated heterocycles. The molecule has 29 nitrogen and oxygen atoms in total. The maximum atomic E-state index is 13.2. The molecule has 1 rings (SSSR count). The summed E-state index contributed by atoms with van der Waals surface area (Å²) in [6, 6.07) is -8.37. The summed E-state index contributed by atoms with van der Waals surface area (Å²) in [6.45, 7) is -2.78. The molecule has 0 aliphatic heterocycles. The van der Waals surface area contributed by atoms with E-state index < -0.39 is 182 Å². The molecule has 6 amide bonds. The fourth-order valence-electron chi connectivity index (χ4n) is 4.92. The van der Waals surface area contributed by atoms with Crippen LogP contribution in [0.4, 0.5) is 0 Å². The van der Waals surface area contributed by atoms with Gasteiger partial charge in [-0.25, -0.2) is 0 Å². The number of carboxylic acid groups (broad SMARTS) is 6. The number of hydrogen-bond donors (Lipinski definition) is 17. The Morgan fingerprint density at radius 1 is 0.471 bits per heavy atom. The average Bonchev–Trinajstić information content (AvgIpc) is 3.26. The van der Waals surface area contributed by atoms with E-state index in [1.165, 1.54) is 0 Å². The highest BCUT2D eigenvalue weighted by Crippen LogP contribution is 2.48. The molecule has 0 aliphatic rings. The van der Waals surface area contributed by atoms with E-state index in [1.807, 2.05) is 0 Å². The van der Waals surface area contributed by atoms with Gasteiger partial charge >= 0.3 is 35.8 Å². The molecule has 0 unspecified atom stereocenters. The second-order valence-electron chi connectivity index (χ2n) is 14.0. The molecule has 0 fully saturated rings. The SMILES string of the molecule is N[C@@H](CCC(=O)N[C@H](CSc1cc(O)c(SC[C@@H](NC(=O)CC[C@H](N)C(=O)O)C(=O)NCC(=O)O)c(SC[C@@H](NC(=O)CC[C@H](N)C(=O)O)C(=O)NCC(=O)O)c1O)C(=O)NCC(=O)O)C(=O)O. The Morgan fingerprint density at radius 2 is 0.765 bits per heavy atom. The topological polar surface area (TPSA) is 517 Å². The summed E-state index contributed by atoms with van der Waals surface area (Å²) in [5, 5.41) is 90.7. The van der Waals surface area contributed by atoms with Crippen LogP contribution in [0.25, 0.3) is 0 Å². The van der Waals surface area contributed by atoms with E-state index in [1.54, 1.807) is 0 Å². The zero-order chi connectivity index (χ0) is 51.8. The highest BCUT2D eigenvalue weighted by Gasteiger charge is 2.30. The summed E-state index contributed by atoms with van der Waals surface area (Å²) in [7, 11) is 0. The Morgan fingerprint density at radius 3 is 1.06 bits per heavy atom. The molecule has 0 aliphatic carbocycles. The standard InChI is InChI=1S/C36H51N9O20S3/c37-14(34(60)61)1-4-22(47)43-17(31(57)40-8-25(50)51)11-66-21-7-20(46)29(67-12-18(32(58)41-9-26(52)53)44-23(48)5-2-15(38)35(62)63)30(28(21)56)68-13-19(33(59)42-10-27(54)55)45-24(49)6-3-16(39)36(64)65/h7,14-19,46,56H,1-6,8-13,37-39H2,(H,40,57)(H,41,58)(H,42,59)(H,43,47)(H,44,48)(H,45,49)(H,50,51)(H,52,53)(H,54,55)(H,60,61)(H,62,63)(H,64,65)/t14-,15-,16-,17+,18+,19+/m0/s1. The van der Waals surface area contributed by atoms with Gasteiger partial charge in [0.1, 0.15) is 67.4 Å². The van der Waals surface area contributed by atoms with Crippen molar-refractivity contribution >= 4 is 107 Å². The molecule has 6 atom stereocenters. The maximum Gasteiger partial charge on any atom is 0.322 e. The normalized spacial score (nSPS) is 13.5. The van der Waals surface area contributed by atoms with Gasteiger partial charge in [-0.15, -0.1) is 35.3 Å². The number of phenols is 2. The van der Waals surface area contributed by atoms with Crippen molar-refractivity contribution in [2.24, 2.45) is 17.2 Å². The van der Waals surface area contributed by atoms with Crippen molar-refractivity contribution in [2.75, 3.05) is 36.9 Å². The molecule has 68 heavy (non-hydrogen) atoms. The Hall–Kier alpha value is -6.61. The minimum absolute atomic E-state index is 0.273. The van der Waals surface area contributed by atoms with E-state index in [2.05, 4.69) is 31.9 Å². The first-order valence-electron chi connectivity index (χ1n) is 19.5. The van der Waals surface area contributed by atoms with Crippen LogP contribution in [-0.4, -0.2) is 185 Å². The van der Waals surface area contributed by atoms with Crippen molar-refractivity contribution in [1.29, 1.82) is 0 Å². The second-order valence-corrected chi connectivity index (χ2v) is 17.1. The lowest BCUT2D eigenvalue weighted by molar-refractivity contribution is -0.140. The largest absolute Gasteiger partial charge is 0.507 e. The van der Waals surface area contributed by atoms with Gasteiger partial charge in [0.2, 0.25) is 35.4 Å². The summed E-state index contributed by atoms with van der Waals surface area (Å²) >= 11 is 1.66. The monoisotopic (exact) mass is 1030 g/mol. The first-order chi connectivity index (χ1) is 31.7. The lowest BCUT2D eigenvalue weighted by Crippen LogP contribution is -2.49. The van der Waals surface area contributed by atoms with Crippen molar-refractivity contribution < 1.29 is 98.4 Å². The quantitative estimate of drug-likeness (QED) is 0.0232. The molecule has 0 heterocycles. The highest BCUT2D eigenvalue weighted by molar-refractivity contribution is 8.02. The molecule has 0 bridgehead atoms. The number of carbonyl (C=O) groups is 12. The van der Waals surface area contributed by atoms with Gasteiger partial charge in [0.25, 0.3) is 0 Å². The predicted octanol–water partition coefficient (Wildman–Crippen LogP) is -4.99.